The molecule has 4 rings (SSSR count). The summed E-state index contributed by atoms with van der Waals surface area (Å²) < 4.78 is 7.23. The minimum atomic E-state index is -0.704. The molecule has 50 heavy (non-hydrogen) atoms. The Kier molecular flexibility index (Phi) is 15.3. The van der Waals surface area contributed by atoms with E-state index in [-0.39, 0.29) is 59.5 Å². The van der Waals surface area contributed by atoms with E-state index in [1.807, 2.05) is 51.3 Å². The Labute approximate surface area is 300 Å². The van der Waals surface area contributed by atoms with E-state index >= 15 is 0 Å². The van der Waals surface area contributed by atoms with Crippen LogP contribution in [0.3, 0.4) is 0 Å². The van der Waals surface area contributed by atoms with Gasteiger partial charge in [-0.1, -0.05) is 33.3 Å². The second kappa shape index (κ2) is 19.1. The van der Waals surface area contributed by atoms with Gasteiger partial charge in [-0.05, 0) is 80.3 Å². The lowest BCUT2D eigenvalue weighted by molar-refractivity contribution is -0.143. The van der Waals surface area contributed by atoms with Crippen LogP contribution in [0.2, 0.25) is 0 Å². The predicted octanol–water partition coefficient (Wildman–Crippen LogP) is 6.31. The van der Waals surface area contributed by atoms with Crippen molar-refractivity contribution in [3.63, 3.8) is 0 Å². The van der Waals surface area contributed by atoms with E-state index in [1.165, 1.54) is 0 Å². The third-order valence-electron chi connectivity index (χ3n) is 7.52. The lowest BCUT2D eigenvalue weighted by Gasteiger charge is -2.17. The average molecular weight is 731 g/mol. The monoisotopic (exact) mass is 729 g/mol. The SMILES string of the molecule is Cc1cc2nc3c(=O)[nH]c(=O)nc-3n(CCCCCCOC(=O)CCCC(=O)Nc3cccc(NC(=O)CC(C)(C)C)n3)c2cc1C.ClCCl. The highest BCUT2D eigenvalue weighted by atomic mass is 35.5. The molecule has 3 N–H and O–H groups in total. The van der Waals surface area contributed by atoms with E-state index in [2.05, 4.69) is 30.6 Å². The number of carbonyl (C=O) groups excluding carboxylic acids is 3. The molecule has 2 aliphatic heterocycles. The third kappa shape index (κ3) is 12.8. The number of aromatic amines is 1. The fourth-order valence-corrected chi connectivity index (χ4v) is 5.10. The molecule has 0 atom stereocenters. The summed E-state index contributed by atoms with van der Waals surface area (Å²) in [4.78, 5) is 76.1. The molecule has 0 radical (unpaired) electrons. The van der Waals surface area contributed by atoms with Crippen LogP contribution in [-0.2, 0) is 25.7 Å². The number of anilines is 2. The molecule has 0 spiro atoms. The number of nitrogens with zero attached hydrogens (tertiary/aromatic N) is 4. The standard InChI is InChI=1S/C34H43N7O6.CH2Cl2/c1-21-18-23-24(19-22(21)2)41(31-30(35-23)32(45)40-33(46)39-31)16-8-6-7-9-17-47-29(44)15-11-14-27(42)37-25-12-10-13-26(36-25)38-28(43)20-34(3,4)5;2-1-3/h10,12-13,18-19H,6-9,11,14-17,20H2,1-5H3,(H,40,45,46)(H2,36,37,38,42,43);1H2. The van der Waals surface area contributed by atoms with Gasteiger partial charge in [0, 0.05) is 25.8 Å². The van der Waals surface area contributed by atoms with E-state index in [1.54, 1.807) is 18.2 Å². The van der Waals surface area contributed by atoms with Crippen molar-refractivity contribution in [1.82, 2.24) is 24.5 Å². The van der Waals surface area contributed by atoms with Gasteiger partial charge in [-0.2, -0.15) is 4.98 Å². The number of amides is 2. The number of H-pyrrole nitrogens is 1. The van der Waals surface area contributed by atoms with Crippen LogP contribution in [0.25, 0.3) is 22.6 Å². The van der Waals surface area contributed by atoms with Crippen LogP contribution in [0.1, 0.15) is 83.3 Å². The first kappa shape index (κ1) is 40.1. The maximum absolute atomic E-state index is 12.4. The molecule has 3 heterocycles. The average Bonchev–Trinajstić information content (AvgIpc) is 3.01. The molecule has 15 heteroatoms. The number of hydrogen-bond acceptors (Lipinski definition) is 9. The molecule has 0 saturated carbocycles. The fraction of sp³-hybridized carbons (Fsp3) is 0.486. The van der Waals surface area contributed by atoms with Crippen molar-refractivity contribution in [2.75, 3.05) is 22.6 Å². The van der Waals surface area contributed by atoms with E-state index in [0.29, 0.717) is 43.0 Å². The van der Waals surface area contributed by atoms with Gasteiger partial charge >= 0.3 is 11.7 Å². The van der Waals surface area contributed by atoms with Crippen molar-refractivity contribution in [3.8, 4) is 11.5 Å². The van der Waals surface area contributed by atoms with Crippen molar-refractivity contribution in [2.24, 2.45) is 5.41 Å². The van der Waals surface area contributed by atoms with Gasteiger partial charge < -0.3 is 19.9 Å². The number of carbonyl (C=O) groups is 3. The first-order valence-electron chi connectivity index (χ1n) is 16.5. The number of aryl methyl sites for hydroxylation is 3. The summed E-state index contributed by atoms with van der Waals surface area (Å²) in [5, 5.41) is 5.63. The molecule has 0 saturated heterocycles. The lowest BCUT2D eigenvalue weighted by Crippen LogP contribution is -2.29. The van der Waals surface area contributed by atoms with E-state index in [9.17, 15) is 24.0 Å². The minimum absolute atomic E-state index is 0.120. The number of rotatable bonds is 14. The molecule has 2 aliphatic rings. The Hall–Kier alpha value is -4.36. The van der Waals surface area contributed by atoms with Crippen LogP contribution in [-0.4, -0.2) is 54.2 Å². The zero-order valence-corrected chi connectivity index (χ0v) is 30.7. The first-order chi connectivity index (χ1) is 23.7. The van der Waals surface area contributed by atoms with Crippen LogP contribution in [0, 0.1) is 19.3 Å². The van der Waals surface area contributed by atoms with E-state index in [4.69, 9.17) is 27.9 Å². The summed E-state index contributed by atoms with van der Waals surface area (Å²) in [6, 6.07) is 8.91. The Morgan fingerprint density at radius 1 is 0.860 bits per heavy atom. The van der Waals surface area contributed by atoms with Gasteiger partial charge in [-0.3, -0.25) is 24.2 Å². The fourth-order valence-electron chi connectivity index (χ4n) is 5.10. The number of fused-ring (bicyclic) bond motifs is 2. The predicted molar refractivity (Wildman–Crippen MR) is 196 cm³/mol. The first-order valence-corrected chi connectivity index (χ1v) is 17.5. The van der Waals surface area contributed by atoms with Gasteiger partial charge in [0.15, 0.2) is 11.5 Å². The molecule has 1 aromatic carbocycles. The van der Waals surface area contributed by atoms with Gasteiger partial charge in [-0.25, -0.2) is 14.8 Å². The molecule has 0 aliphatic carbocycles. The number of pyridine rings is 1. The van der Waals surface area contributed by atoms with Crippen LogP contribution in [0.4, 0.5) is 11.6 Å². The molecule has 2 aromatic rings. The Morgan fingerprint density at radius 3 is 2.18 bits per heavy atom. The maximum atomic E-state index is 12.4. The second-order valence-corrected chi connectivity index (χ2v) is 13.9. The molecular weight excluding hydrogens is 685 g/mol. The normalized spacial score (nSPS) is 11.2. The molecule has 0 bridgehead atoms. The van der Waals surface area contributed by atoms with Crippen LogP contribution < -0.4 is 21.9 Å². The Morgan fingerprint density at radius 2 is 1.50 bits per heavy atom. The van der Waals surface area contributed by atoms with Crippen molar-refractivity contribution >= 4 is 63.7 Å². The highest BCUT2D eigenvalue weighted by molar-refractivity contribution is 6.40. The van der Waals surface area contributed by atoms with Crippen LogP contribution in [0.15, 0.2) is 39.9 Å². The number of esters is 1. The molecule has 1 aromatic heterocycles. The van der Waals surface area contributed by atoms with Crippen molar-refractivity contribution in [1.29, 1.82) is 0 Å². The summed E-state index contributed by atoms with van der Waals surface area (Å²) in [5.41, 5.74) is 2.31. The molecule has 2 amide bonds. The molecule has 0 unspecified atom stereocenters. The zero-order valence-electron chi connectivity index (χ0n) is 29.2. The van der Waals surface area contributed by atoms with E-state index in [0.717, 1.165) is 35.9 Å². The number of benzene rings is 1. The van der Waals surface area contributed by atoms with Gasteiger partial charge in [0.05, 0.1) is 23.0 Å². The number of nitrogens with one attached hydrogen (secondary N) is 3. The van der Waals surface area contributed by atoms with Crippen molar-refractivity contribution in [3.05, 3.63) is 62.3 Å². The third-order valence-corrected chi connectivity index (χ3v) is 7.52. The number of ether oxygens (including phenoxy) is 1. The highest BCUT2D eigenvalue weighted by Crippen LogP contribution is 2.24. The zero-order chi connectivity index (χ0) is 36.8. The highest BCUT2D eigenvalue weighted by Gasteiger charge is 2.19. The van der Waals surface area contributed by atoms with Gasteiger partial charge in [-0.15, -0.1) is 23.2 Å². The number of aromatic nitrogens is 5. The molecule has 13 nitrogen and oxygen atoms in total. The summed E-state index contributed by atoms with van der Waals surface area (Å²) in [6.07, 6.45) is 4.02. The smallest absolute Gasteiger partial charge is 0.349 e. The summed E-state index contributed by atoms with van der Waals surface area (Å²) in [7, 11) is 0. The largest absolute Gasteiger partial charge is 0.466 e. The van der Waals surface area contributed by atoms with Crippen LogP contribution in [0.5, 0.6) is 0 Å². The topological polar surface area (TPSA) is 178 Å². The van der Waals surface area contributed by atoms with E-state index < -0.39 is 11.2 Å². The van der Waals surface area contributed by atoms with Gasteiger partial charge in [0.2, 0.25) is 11.8 Å². The number of hydrogen-bond donors (Lipinski definition) is 3. The number of unbranched alkanes of at least 4 members (excludes halogenated alkanes) is 3. The molecule has 270 valence electrons. The Bertz CT molecular complexity index is 1870. The maximum Gasteiger partial charge on any atom is 0.349 e. The van der Waals surface area contributed by atoms with Crippen molar-refractivity contribution in [2.45, 2.75) is 92.5 Å². The summed E-state index contributed by atoms with van der Waals surface area (Å²) >= 11 is 9.53. The molecule has 0 fully saturated rings. The summed E-state index contributed by atoms with van der Waals surface area (Å²) in [6.45, 7) is 10.7. The molecular formula is C35H45Cl2N7O6. The summed E-state index contributed by atoms with van der Waals surface area (Å²) in [5.74, 6) is 0.144. The number of alkyl halides is 2. The van der Waals surface area contributed by atoms with Crippen LogP contribution >= 0.6 is 23.2 Å². The second-order valence-electron chi connectivity index (χ2n) is 13.1. The minimum Gasteiger partial charge on any atom is -0.466 e. The Balaban J connectivity index is 0.00000217. The van der Waals surface area contributed by atoms with Gasteiger partial charge in [0.25, 0.3) is 5.56 Å². The van der Waals surface area contributed by atoms with Crippen molar-refractivity contribution < 1.29 is 19.1 Å². The quantitative estimate of drug-likeness (QED) is 0.0581. The number of halogens is 2. The lowest BCUT2D eigenvalue weighted by atomic mass is 9.92. The van der Waals surface area contributed by atoms with Gasteiger partial charge in [0.1, 0.15) is 11.6 Å².